The van der Waals surface area contributed by atoms with Crippen LogP contribution in [-0.2, 0) is 0 Å². The zero-order chi connectivity index (χ0) is 18.4. The first-order valence-electron chi connectivity index (χ1n) is 7.80. The number of hydrogen-bond donors (Lipinski definition) is 1. The molecule has 0 radical (unpaired) electrons. The summed E-state index contributed by atoms with van der Waals surface area (Å²) in [6, 6.07) is 21.6. The number of carbonyl (C=O) groups is 1. The molecule has 0 saturated carbocycles. The number of amides is 1. The first-order valence-corrected chi connectivity index (χ1v) is 7.80. The summed E-state index contributed by atoms with van der Waals surface area (Å²) in [4.78, 5) is 12.4. The molecular weight excluding hydrogens is 340 g/mol. The van der Waals surface area contributed by atoms with Crippen LogP contribution in [0.25, 0.3) is 0 Å². The van der Waals surface area contributed by atoms with Crippen molar-refractivity contribution in [3.05, 3.63) is 84.4 Å². The van der Waals surface area contributed by atoms with Gasteiger partial charge in [-0.3, -0.25) is 4.79 Å². The molecule has 0 fully saturated rings. The Morgan fingerprint density at radius 1 is 0.808 bits per heavy atom. The van der Waals surface area contributed by atoms with Gasteiger partial charge in [-0.2, -0.15) is 8.78 Å². The van der Waals surface area contributed by atoms with Crippen LogP contribution in [0.2, 0.25) is 0 Å². The van der Waals surface area contributed by atoms with Crippen LogP contribution in [0.15, 0.2) is 78.9 Å². The average molecular weight is 355 g/mol. The van der Waals surface area contributed by atoms with Gasteiger partial charge in [0.15, 0.2) is 5.75 Å². The van der Waals surface area contributed by atoms with E-state index < -0.39 is 12.5 Å². The Kier molecular flexibility index (Phi) is 5.43. The molecule has 0 saturated heterocycles. The minimum Gasteiger partial charge on any atom is -0.455 e. The molecule has 0 heterocycles. The molecule has 1 N–H and O–H groups in total. The second kappa shape index (κ2) is 8.11. The van der Waals surface area contributed by atoms with Crippen LogP contribution in [0.1, 0.15) is 10.4 Å². The van der Waals surface area contributed by atoms with E-state index in [1.807, 2.05) is 18.2 Å². The predicted octanol–water partition coefficient (Wildman–Crippen LogP) is 5.33. The normalized spacial score (nSPS) is 10.4. The first-order chi connectivity index (χ1) is 12.6. The van der Waals surface area contributed by atoms with Gasteiger partial charge < -0.3 is 14.8 Å². The Morgan fingerprint density at radius 2 is 1.46 bits per heavy atom. The third kappa shape index (κ3) is 4.57. The van der Waals surface area contributed by atoms with Gasteiger partial charge in [0, 0.05) is 5.56 Å². The van der Waals surface area contributed by atoms with Gasteiger partial charge in [0.2, 0.25) is 0 Å². The molecule has 3 aromatic rings. The van der Waals surface area contributed by atoms with Gasteiger partial charge in [-0.05, 0) is 48.5 Å². The van der Waals surface area contributed by atoms with Crippen LogP contribution in [-0.4, -0.2) is 12.5 Å². The number of halogens is 2. The number of alkyl halides is 2. The van der Waals surface area contributed by atoms with E-state index in [0.29, 0.717) is 22.7 Å². The van der Waals surface area contributed by atoms with E-state index in [-0.39, 0.29) is 5.75 Å². The smallest absolute Gasteiger partial charge is 0.387 e. The molecule has 3 rings (SSSR count). The largest absolute Gasteiger partial charge is 0.455 e. The van der Waals surface area contributed by atoms with Crippen LogP contribution >= 0.6 is 0 Å². The van der Waals surface area contributed by atoms with Crippen molar-refractivity contribution < 1.29 is 23.0 Å². The highest BCUT2D eigenvalue weighted by Gasteiger charge is 2.11. The Balaban J connectivity index is 1.73. The summed E-state index contributed by atoms with van der Waals surface area (Å²) >= 11 is 0. The quantitative estimate of drug-likeness (QED) is 0.650. The highest BCUT2D eigenvalue weighted by Crippen LogP contribution is 2.29. The van der Waals surface area contributed by atoms with Gasteiger partial charge >= 0.3 is 6.61 Å². The first kappa shape index (κ1) is 17.4. The van der Waals surface area contributed by atoms with E-state index in [1.165, 1.54) is 24.3 Å². The Bertz CT molecular complexity index is 868. The summed E-state index contributed by atoms with van der Waals surface area (Å²) in [5, 5.41) is 2.75. The lowest BCUT2D eigenvalue weighted by atomic mass is 10.2. The molecule has 1 amide bonds. The Morgan fingerprint density at radius 3 is 2.15 bits per heavy atom. The standard InChI is InChI=1S/C20H15F2NO3/c21-20(22)26-16-12-10-14(11-13-16)19(24)23-17-8-4-5-9-18(17)25-15-6-2-1-3-7-15/h1-13,20H,(H,23,24). The molecule has 0 aliphatic heterocycles. The SMILES string of the molecule is O=C(Nc1ccccc1Oc1ccccc1)c1ccc(OC(F)F)cc1. The van der Waals surface area contributed by atoms with E-state index in [1.54, 1.807) is 36.4 Å². The van der Waals surface area contributed by atoms with Gasteiger partial charge in [-0.1, -0.05) is 30.3 Å². The summed E-state index contributed by atoms with van der Waals surface area (Å²) in [7, 11) is 0. The number of benzene rings is 3. The molecule has 0 unspecified atom stereocenters. The van der Waals surface area contributed by atoms with Crippen molar-refractivity contribution in [3.8, 4) is 17.2 Å². The highest BCUT2D eigenvalue weighted by atomic mass is 19.3. The number of nitrogens with one attached hydrogen (secondary N) is 1. The summed E-state index contributed by atoms with van der Waals surface area (Å²) in [6.45, 7) is -2.91. The van der Waals surface area contributed by atoms with Crippen LogP contribution in [0, 0.1) is 0 Å². The number of rotatable bonds is 6. The van der Waals surface area contributed by atoms with E-state index in [9.17, 15) is 13.6 Å². The molecule has 26 heavy (non-hydrogen) atoms. The van der Waals surface area contributed by atoms with Crippen LogP contribution < -0.4 is 14.8 Å². The number of carbonyl (C=O) groups excluding carboxylic acids is 1. The van der Waals surface area contributed by atoms with E-state index >= 15 is 0 Å². The number of ether oxygens (including phenoxy) is 2. The van der Waals surface area contributed by atoms with Gasteiger partial charge in [-0.15, -0.1) is 0 Å². The molecule has 0 aliphatic rings. The summed E-state index contributed by atoms with van der Waals surface area (Å²) in [5.41, 5.74) is 0.801. The number of anilines is 1. The highest BCUT2D eigenvalue weighted by molar-refractivity contribution is 6.05. The second-order valence-electron chi connectivity index (χ2n) is 5.27. The zero-order valence-corrected chi connectivity index (χ0v) is 13.6. The Hall–Kier alpha value is -3.41. The lowest BCUT2D eigenvalue weighted by Gasteiger charge is -2.12. The van der Waals surface area contributed by atoms with Crippen molar-refractivity contribution in [2.24, 2.45) is 0 Å². The monoisotopic (exact) mass is 355 g/mol. The molecule has 6 heteroatoms. The molecule has 4 nitrogen and oxygen atoms in total. The molecule has 0 bridgehead atoms. The van der Waals surface area contributed by atoms with Crippen LogP contribution in [0.4, 0.5) is 14.5 Å². The summed E-state index contributed by atoms with van der Waals surface area (Å²) in [6.07, 6.45) is 0. The fourth-order valence-corrected chi connectivity index (χ4v) is 2.26. The van der Waals surface area contributed by atoms with Gasteiger partial charge in [0.25, 0.3) is 5.91 Å². The number of para-hydroxylation sites is 3. The van der Waals surface area contributed by atoms with Crippen molar-refractivity contribution in [2.45, 2.75) is 6.61 Å². The van der Waals surface area contributed by atoms with E-state index in [0.717, 1.165) is 0 Å². The molecule has 0 atom stereocenters. The maximum Gasteiger partial charge on any atom is 0.387 e. The van der Waals surface area contributed by atoms with E-state index in [4.69, 9.17) is 4.74 Å². The molecule has 0 spiro atoms. The van der Waals surface area contributed by atoms with Crippen molar-refractivity contribution in [1.29, 1.82) is 0 Å². The molecule has 0 aromatic heterocycles. The van der Waals surface area contributed by atoms with Gasteiger partial charge in [0.05, 0.1) is 5.69 Å². The zero-order valence-electron chi connectivity index (χ0n) is 13.6. The summed E-state index contributed by atoms with van der Waals surface area (Å²) < 4.78 is 34.4. The lowest BCUT2D eigenvalue weighted by Crippen LogP contribution is -2.12. The molecule has 3 aromatic carbocycles. The second-order valence-corrected chi connectivity index (χ2v) is 5.27. The average Bonchev–Trinajstić information content (AvgIpc) is 2.64. The van der Waals surface area contributed by atoms with Crippen molar-refractivity contribution in [2.75, 3.05) is 5.32 Å². The topological polar surface area (TPSA) is 47.6 Å². The van der Waals surface area contributed by atoms with Crippen molar-refractivity contribution in [3.63, 3.8) is 0 Å². The van der Waals surface area contributed by atoms with Gasteiger partial charge in [-0.25, -0.2) is 0 Å². The minimum absolute atomic E-state index is 0.00985. The van der Waals surface area contributed by atoms with E-state index in [2.05, 4.69) is 10.1 Å². The molecular formula is C20H15F2NO3. The maximum atomic E-state index is 12.4. The lowest BCUT2D eigenvalue weighted by molar-refractivity contribution is -0.0498. The maximum absolute atomic E-state index is 12.4. The minimum atomic E-state index is -2.91. The number of hydrogen-bond acceptors (Lipinski definition) is 3. The van der Waals surface area contributed by atoms with Gasteiger partial charge in [0.1, 0.15) is 11.5 Å². The third-order valence-electron chi connectivity index (χ3n) is 3.45. The fourth-order valence-electron chi connectivity index (χ4n) is 2.26. The molecule has 0 aliphatic carbocycles. The molecule has 132 valence electrons. The van der Waals surface area contributed by atoms with Crippen LogP contribution in [0.5, 0.6) is 17.2 Å². The fraction of sp³-hybridized carbons (Fsp3) is 0.0500. The van der Waals surface area contributed by atoms with Crippen molar-refractivity contribution in [1.82, 2.24) is 0 Å². The summed E-state index contributed by atoms with van der Waals surface area (Å²) in [5.74, 6) is 0.731. The van der Waals surface area contributed by atoms with Crippen LogP contribution in [0.3, 0.4) is 0 Å². The third-order valence-corrected chi connectivity index (χ3v) is 3.45. The predicted molar refractivity (Wildman–Crippen MR) is 94.0 cm³/mol. The Labute approximate surface area is 149 Å². The van der Waals surface area contributed by atoms with Crippen molar-refractivity contribution >= 4 is 11.6 Å².